The summed E-state index contributed by atoms with van der Waals surface area (Å²) < 4.78 is 86.0. The van der Waals surface area contributed by atoms with E-state index in [1.807, 2.05) is 0 Å². The molecule has 39 heavy (non-hydrogen) atoms. The lowest BCUT2D eigenvalue weighted by Crippen LogP contribution is -2.61. The third-order valence-electron chi connectivity index (χ3n) is 6.68. The zero-order valence-corrected chi connectivity index (χ0v) is 20.4. The molecule has 1 aliphatic rings. The van der Waals surface area contributed by atoms with Crippen LogP contribution in [0, 0.1) is 11.6 Å². The third-order valence-corrected chi connectivity index (χ3v) is 6.68. The second-order valence-corrected chi connectivity index (χ2v) is 9.42. The largest absolute Gasteiger partial charge is 0.461 e. The first-order valence-corrected chi connectivity index (χ1v) is 12.0. The number of ether oxygens (including phenoxy) is 1. The molecule has 1 fully saturated rings. The number of rotatable bonds is 10. The average Bonchev–Trinajstić information content (AvgIpc) is 2.86. The molecule has 1 unspecified atom stereocenters. The molecule has 206 valence electrons. The highest BCUT2D eigenvalue weighted by molar-refractivity contribution is 5.82. The summed E-state index contributed by atoms with van der Waals surface area (Å²) in [5.74, 6) is -2.65. The molecule has 11 heteroatoms. The number of nitrogens with one attached hydrogen (secondary N) is 2. The molecule has 1 saturated carbocycles. The lowest BCUT2D eigenvalue weighted by molar-refractivity contribution is -0.253. The Labute approximate surface area is 220 Å². The fourth-order valence-electron chi connectivity index (χ4n) is 4.55. The molecule has 3 aromatic rings. The lowest BCUT2D eigenvalue weighted by atomic mass is 9.77. The van der Waals surface area contributed by atoms with E-state index < -0.39 is 47.0 Å². The molecule has 2 N–H and O–H groups in total. The Hall–Kier alpha value is -4.02. The summed E-state index contributed by atoms with van der Waals surface area (Å²) in [5, 5.41) is 5.36. The Kier molecular flexibility index (Phi) is 7.89. The summed E-state index contributed by atoms with van der Waals surface area (Å²) in [5.41, 5.74) is -2.20. The molecule has 1 atom stereocenters. The maximum absolute atomic E-state index is 14.8. The van der Waals surface area contributed by atoms with Crippen LogP contribution in [-0.2, 0) is 16.8 Å². The maximum atomic E-state index is 14.8. The fraction of sp³-hybridized carbons (Fsp3) is 0.286. The summed E-state index contributed by atoms with van der Waals surface area (Å²) in [7, 11) is 0. The van der Waals surface area contributed by atoms with E-state index in [1.54, 1.807) is 30.3 Å². The van der Waals surface area contributed by atoms with Gasteiger partial charge in [0.25, 0.3) is 0 Å². The van der Waals surface area contributed by atoms with Crippen molar-refractivity contribution in [2.75, 3.05) is 0 Å². The van der Waals surface area contributed by atoms with Crippen molar-refractivity contribution in [3.05, 3.63) is 101 Å². The predicted octanol–water partition coefficient (Wildman–Crippen LogP) is 6.11. The molecule has 4 rings (SSSR count). The zero-order chi connectivity index (χ0) is 28.3. The first-order valence-electron chi connectivity index (χ1n) is 12.0. The van der Waals surface area contributed by atoms with E-state index in [2.05, 4.69) is 15.4 Å². The van der Waals surface area contributed by atoms with Crippen molar-refractivity contribution >= 4 is 12.3 Å². The second kappa shape index (κ2) is 11.0. The Morgan fingerprint density at radius 2 is 1.62 bits per heavy atom. The van der Waals surface area contributed by atoms with Gasteiger partial charge in [0.2, 0.25) is 0 Å². The van der Waals surface area contributed by atoms with Crippen molar-refractivity contribution in [2.24, 2.45) is 0 Å². The predicted molar refractivity (Wildman–Crippen MR) is 130 cm³/mol. The van der Waals surface area contributed by atoms with Crippen LogP contribution < -0.4 is 15.4 Å². The van der Waals surface area contributed by atoms with Crippen LogP contribution >= 0.6 is 0 Å². The molecule has 0 saturated heterocycles. The van der Waals surface area contributed by atoms with Crippen molar-refractivity contribution in [1.29, 1.82) is 0 Å². The van der Waals surface area contributed by atoms with Gasteiger partial charge >= 0.3 is 18.6 Å². The molecule has 0 heterocycles. The molecule has 3 aromatic carbocycles. The van der Waals surface area contributed by atoms with E-state index in [0.29, 0.717) is 37.2 Å². The van der Waals surface area contributed by atoms with Crippen LogP contribution in [0.2, 0.25) is 0 Å². The van der Waals surface area contributed by atoms with E-state index >= 15 is 0 Å². The maximum Gasteiger partial charge on any atom is 0.461 e. The second-order valence-electron chi connectivity index (χ2n) is 9.42. The monoisotopic (exact) mass is 550 g/mol. The van der Waals surface area contributed by atoms with Gasteiger partial charge in [-0.15, -0.1) is 0 Å². The van der Waals surface area contributed by atoms with Gasteiger partial charge in [-0.05, 0) is 60.2 Å². The van der Waals surface area contributed by atoms with Crippen LogP contribution in [0.1, 0.15) is 36.0 Å². The van der Waals surface area contributed by atoms with E-state index in [0.717, 1.165) is 24.3 Å². The number of hydrogen-bond acceptors (Lipinski definition) is 3. The van der Waals surface area contributed by atoms with Crippen LogP contribution in [-0.4, -0.2) is 30.4 Å². The highest BCUT2D eigenvalue weighted by Gasteiger charge is 2.45. The highest BCUT2D eigenvalue weighted by Crippen LogP contribution is 2.38. The minimum atomic E-state index is -4.92. The Morgan fingerprint density at radius 1 is 0.949 bits per heavy atom. The fourth-order valence-corrected chi connectivity index (χ4v) is 4.55. The molecule has 1 aliphatic carbocycles. The number of alkyl halides is 4. The molecule has 2 amide bonds. The minimum Gasteiger partial charge on any atom is -0.428 e. The van der Waals surface area contributed by atoms with Gasteiger partial charge in [0.1, 0.15) is 23.7 Å². The lowest BCUT2D eigenvalue weighted by Gasteiger charge is -2.41. The molecule has 0 aromatic heterocycles. The Morgan fingerprint density at radius 3 is 2.18 bits per heavy atom. The number of carbonyl (C=O) groups is 2. The first kappa shape index (κ1) is 28.0. The van der Waals surface area contributed by atoms with Gasteiger partial charge < -0.3 is 20.2 Å². The summed E-state index contributed by atoms with van der Waals surface area (Å²) in [4.78, 5) is 25.0. The molecule has 0 aliphatic heterocycles. The van der Waals surface area contributed by atoms with Gasteiger partial charge in [0.05, 0.1) is 11.1 Å². The summed E-state index contributed by atoms with van der Waals surface area (Å²) >= 11 is 0. The smallest absolute Gasteiger partial charge is 0.428 e. The minimum absolute atomic E-state index is 0.102. The molecule has 0 radical (unpaired) electrons. The molecular formula is C28H24F6N2O3. The van der Waals surface area contributed by atoms with Crippen LogP contribution in [0.4, 0.5) is 31.1 Å². The third kappa shape index (κ3) is 6.18. The molecular weight excluding hydrogens is 526 g/mol. The number of halogens is 6. The van der Waals surface area contributed by atoms with E-state index in [-0.39, 0.29) is 17.5 Å². The molecule has 0 spiro atoms. The van der Waals surface area contributed by atoms with Crippen molar-refractivity contribution in [1.82, 2.24) is 10.6 Å². The highest BCUT2D eigenvalue weighted by atomic mass is 19.3. The normalized spacial score (nSPS) is 16.1. The zero-order valence-electron chi connectivity index (χ0n) is 20.4. The standard InChI is InChI=1S/C28H24F6N2O3/c29-21-9-7-19(8-10-21)27(16-18-5-2-1-3-6-18,36-25(38)35-26(17-37)11-4-12-26)20-13-22(30)15-23(14-20)39-28(33,34)24(31)32/h1-3,5-10,13-15,17,24H,4,11-12,16H2,(H2,35,36,38). The van der Waals surface area contributed by atoms with E-state index in [9.17, 15) is 35.9 Å². The topological polar surface area (TPSA) is 67.4 Å². The summed E-state index contributed by atoms with van der Waals surface area (Å²) in [6.07, 6.45) is -7.10. The van der Waals surface area contributed by atoms with Crippen molar-refractivity contribution in [3.63, 3.8) is 0 Å². The number of amides is 2. The number of hydrogen-bond donors (Lipinski definition) is 2. The van der Waals surface area contributed by atoms with Crippen LogP contribution in [0.15, 0.2) is 72.8 Å². The SMILES string of the molecule is O=CC1(NC(=O)NC(Cc2ccccc2)(c2ccc(F)cc2)c2cc(F)cc(OC(F)(F)C(F)F)c2)CCC1. The van der Waals surface area contributed by atoms with E-state index in [1.165, 1.54) is 12.1 Å². The quantitative estimate of drug-likeness (QED) is 0.237. The van der Waals surface area contributed by atoms with Crippen LogP contribution in [0.25, 0.3) is 0 Å². The van der Waals surface area contributed by atoms with Gasteiger partial charge in [-0.3, -0.25) is 0 Å². The van der Waals surface area contributed by atoms with E-state index in [4.69, 9.17) is 0 Å². The van der Waals surface area contributed by atoms with Crippen molar-refractivity contribution in [2.45, 2.75) is 49.3 Å². The summed E-state index contributed by atoms with van der Waals surface area (Å²) in [6.45, 7) is 0. The Bertz CT molecular complexity index is 1320. The van der Waals surface area contributed by atoms with Gasteiger partial charge in [0.15, 0.2) is 0 Å². The first-order chi connectivity index (χ1) is 18.5. The van der Waals surface area contributed by atoms with Crippen LogP contribution in [0.5, 0.6) is 5.75 Å². The van der Waals surface area contributed by atoms with Gasteiger partial charge in [-0.2, -0.15) is 17.6 Å². The number of urea groups is 1. The Balaban J connectivity index is 1.88. The summed E-state index contributed by atoms with van der Waals surface area (Å²) in [6, 6.07) is 14.8. The number of benzene rings is 3. The molecule has 5 nitrogen and oxygen atoms in total. The average molecular weight is 550 g/mol. The van der Waals surface area contributed by atoms with Crippen LogP contribution in [0.3, 0.4) is 0 Å². The molecule has 0 bridgehead atoms. The van der Waals surface area contributed by atoms with Crippen molar-refractivity contribution < 1.29 is 40.7 Å². The van der Waals surface area contributed by atoms with Crippen molar-refractivity contribution in [3.8, 4) is 5.75 Å². The van der Waals surface area contributed by atoms with Gasteiger partial charge in [0, 0.05) is 12.5 Å². The van der Waals surface area contributed by atoms with Gasteiger partial charge in [-0.1, -0.05) is 42.5 Å². The number of aldehydes is 1. The number of carbonyl (C=O) groups excluding carboxylic acids is 2. The van der Waals surface area contributed by atoms with Gasteiger partial charge in [-0.25, -0.2) is 13.6 Å².